The molecule has 0 radical (unpaired) electrons. The second kappa shape index (κ2) is 6.80. The van der Waals surface area contributed by atoms with Crippen LogP contribution in [0.2, 0.25) is 0 Å². The molecule has 28 heavy (non-hydrogen) atoms. The number of carbonyl (C=O) groups is 1. The molecule has 2 aromatic heterocycles. The summed E-state index contributed by atoms with van der Waals surface area (Å²) in [6.45, 7) is 1.75. The average Bonchev–Trinajstić information content (AvgIpc) is 3.06. The minimum absolute atomic E-state index is 0.0423. The van der Waals surface area contributed by atoms with Gasteiger partial charge in [0, 0.05) is 12.1 Å². The zero-order chi connectivity index (χ0) is 20.1. The molecule has 3 atom stereocenters. The number of aliphatic carboxylic acids is 1. The van der Waals surface area contributed by atoms with Gasteiger partial charge in [0.2, 0.25) is 0 Å². The van der Waals surface area contributed by atoms with Crippen molar-refractivity contribution in [1.29, 1.82) is 0 Å². The van der Waals surface area contributed by atoms with Crippen molar-refractivity contribution in [1.82, 2.24) is 14.5 Å². The number of aromatic nitrogens is 2. The predicted octanol–water partition coefficient (Wildman–Crippen LogP) is 3.23. The van der Waals surface area contributed by atoms with Crippen LogP contribution in [0.4, 0.5) is 0 Å². The number of nitrogens with one attached hydrogen (secondary N) is 1. The number of carboxylic acid groups (broad SMARTS) is 1. The average molecular weight is 482 g/mol. The van der Waals surface area contributed by atoms with Gasteiger partial charge in [-0.15, -0.1) is 11.3 Å². The number of nitrogens with zero attached hydrogens (tertiary/aromatic N) is 2. The summed E-state index contributed by atoms with van der Waals surface area (Å²) < 4.78 is 30.8. The number of carboxylic acids is 1. The molecule has 1 aliphatic rings. The minimum Gasteiger partial charge on any atom is -0.480 e. The van der Waals surface area contributed by atoms with Gasteiger partial charge < -0.3 is 5.11 Å². The van der Waals surface area contributed by atoms with E-state index in [9.17, 15) is 18.3 Å². The summed E-state index contributed by atoms with van der Waals surface area (Å²) in [5.41, 5.74) is -0.757. The zero-order valence-electron chi connectivity index (χ0n) is 14.6. The first-order valence-corrected chi connectivity index (χ1v) is 11.5. The Balaban J connectivity index is 1.65. The Morgan fingerprint density at radius 3 is 2.61 bits per heavy atom. The molecular weight excluding hydrogens is 466 g/mol. The Bertz CT molecular complexity index is 1140. The lowest BCUT2D eigenvalue weighted by molar-refractivity contribution is -0.140. The predicted molar refractivity (Wildman–Crippen MR) is 108 cm³/mol. The van der Waals surface area contributed by atoms with Gasteiger partial charge in [-0.3, -0.25) is 4.79 Å². The smallest absolute Gasteiger partial charge is 0.325 e. The quantitative estimate of drug-likeness (QED) is 0.562. The first-order chi connectivity index (χ1) is 13.3. The zero-order valence-corrected chi connectivity index (χ0v) is 17.8. The standard InChI is InChI=1S/C18H16BrN3O4S2/c1-11-16(12-5-3-2-4-6-12)18(11,17(23)24)21-28(25,26)15-8-7-14(27-15)22-10-13(19)9-20-22/h2-11,16,21H,1H3,(H,23,24)/t11?,16-,18-/m0/s1. The van der Waals surface area contributed by atoms with E-state index in [2.05, 4.69) is 25.8 Å². The normalized spacial score (nSPS) is 24.2. The largest absolute Gasteiger partial charge is 0.480 e. The van der Waals surface area contributed by atoms with E-state index < -0.39 is 27.4 Å². The van der Waals surface area contributed by atoms with E-state index in [0.717, 1.165) is 21.4 Å². The Morgan fingerprint density at radius 2 is 2.00 bits per heavy atom. The second-order valence-corrected chi connectivity index (χ2v) is 10.5. The maximum atomic E-state index is 13.0. The molecule has 0 spiro atoms. The summed E-state index contributed by atoms with van der Waals surface area (Å²) in [7, 11) is -4.02. The maximum Gasteiger partial charge on any atom is 0.325 e. The fourth-order valence-corrected chi connectivity index (χ4v) is 6.54. The van der Waals surface area contributed by atoms with Gasteiger partial charge in [0.1, 0.15) is 14.7 Å². The van der Waals surface area contributed by atoms with Gasteiger partial charge in [-0.1, -0.05) is 37.3 Å². The van der Waals surface area contributed by atoms with E-state index in [1.54, 1.807) is 30.1 Å². The summed E-state index contributed by atoms with van der Waals surface area (Å²) in [5.74, 6) is -1.98. The van der Waals surface area contributed by atoms with E-state index in [-0.39, 0.29) is 10.1 Å². The number of rotatable bonds is 6. The van der Waals surface area contributed by atoms with Crippen molar-refractivity contribution in [3.8, 4) is 5.00 Å². The summed E-state index contributed by atoms with van der Waals surface area (Å²) in [5, 5.41) is 14.6. The number of sulfonamides is 1. The van der Waals surface area contributed by atoms with Crippen molar-refractivity contribution in [3.05, 3.63) is 64.9 Å². The van der Waals surface area contributed by atoms with E-state index >= 15 is 0 Å². The molecule has 3 aromatic rings. The molecule has 1 aliphatic carbocycles. The fourth-order valence-electron chi connectivity index (χ4n) is 3.57. The van der Waals surface area contributed by atoms with Crippen LogP contribution in [0.3, 0.4) is 0 Å². The number of halogens is 1. The molecule has 0 aliphatic heterocycles. The van der Waals surface area contributed by atoms with E-state index in [0.29, 0.717) is 5.00 Å². The monoisotopic (exact) mass is 481 g/mol. The van der Waals surface area contributed by atoms with Gasteiger partial charge >= 0.3 is 5.97 Å². The molecule has 1 unspecified atom stereocenters. The van der Waals surface area contributed by atoms with Crippen LogP contribution in [0.1, 0.15) is 18.4 Å². The lowest BCUT2D eigenvalue weighted by Gasteiger charge is -2.15. The van der Waals surface area contributed by atoms with E-state index in [4.69, 9.17) is 0 Å². The maximum absolute atomic E-state index is 13.0. The third kappa shape index (κ3) is 3.10. The van der Waals surface area contributed by atoms with Crippen LogP contribution in [0.15, 0.2) is 63.5 Å². The van der Waals surface area contributed by atoms with Crippen molar-refractivity contribution >= 4 is 43.3 Å². The summed E-state index contributed by atoms with van der Waals surface area (Å²) in [4.78, 5) is 12.1. The molecule has 2 heterocycles. The van der Waals surface area contributed by atoms with Crippen LogP contribution < -0.4 is 4.72 Å². The van der Waals surface area contributed by atoms with E-state index in [1.807, 2.05) is 30.3 Å². The first-order valence-electron chi connectivity index (χ1n) is 8.38. The highest BCUT2D eigenvalue weighted by Gasteiger charge is 2.70. The van der Waals surface area contributed by atoms with E-state index in [1.165, 1.54) is 6.07 Å². The first kappa shape index (κ1) is 19.3. The van der Waals surface area contributed by atoms with Crippen LogP contribution in [0.25, 0.3) is 5.00 Å². The molecule has 2 N–H and O–H groups in total. The third-order valence-electron chi connectivity index (χ3n) is 5.02. The van der Waals surface area contributed by atoms with Gasteiger partial charge in [-0.05, 0) is 39.5 Å². The SMILES string of the molecule is CC1[C@@H](c2ccccc2)[C@]1(NS(=O)(=O)c1ccc(-n2cc(Br)cn2)s1)C(=O)O. The molecule has 0 bridgehead atoms. The van der Waals surface area contributed by atoms with Crippen LogP contribution in [0, 0.1) is 5.92 Å². The van der Waals surface area contributed by atoms with Gasteiger partial charge in [-0.2, -0.15) is 9.82 Å². The Kier molecular flexibility index (Phi) is 4.69. The lowest BCUT2D eigenvalue weighted by Crippen LogP contribution is -2.45. The Hall–Kier alpha value is -2.01. The number of benzene rings is 1. The highest BCUT2D eigenvalue weighted by Crippen LogP contribution is 2.58. The van der Waals surface area contributed by atoms with Crippen molar-refractivity contribution in [2.24, 2.45) is 5.92 Å². The third-order valence-corrected chi connectivity index (χ3v) is 8.48. The molecule has 1 aromatic carbocycles. The Labute approximate surface area is 174 Å². The molecular formula is C18H16BrN3O4S2. The van der Waals surface area contributed by atoms with Gasteiger partial charge in [-0.25, -0.2) is 13.1 Å². The highest BCUT2D eigenvalue weighted by molar-refractivity contribution is 9.10. The number of thiophene rings is 1. The van der Waals surface area contributed by atoms with Crippen LogP contribution >= 0.6 is 27.3 Å². The van der Waals surface area contributed by atoms with Crippen LogP contribution in [0.5, 0.6) is 0 Å². The van der Waals surface area contributed by atoms with Crippen molar-refractivity contribution < 1.29 is 18.3 Å². The van der Waals surface area contributed by atoms with Crippen LogP contribution in [-0.2, 0) is 14.8 Å². The van der Waals surface area contributed by atoms with Crippen molar-refractivity contribution in [3.63, 3.8) is 0 Å². The topological polar surface area (TPSA) is 101 Å². The highest BCUT2D eigenvalue weighted by atomic mass is 79.9. The molecule has 0 amide bonds. The molecule has 1 fully saturated rings. The fraction of sp³-hybridized carbons (Fsp3) is 0.222. The molecule has 4 rings (SSSR count). The Morgan fingerprint density at radius 1 is 1.29 bits per heavy atom. The molecule has 7 nitrogen and oxygen atoms in total. The van der Waals surface area contributed by atoms with Crippen molar-refractivity contribution in [2.45, 2.75) is 22.6 Å². The molecule has 1 saturated carbocycles. The van der Waals surface area contributed by atoms with Gasteiger partial charge in [0.15, 0.2) is 0 Å². The minimum atomic E-state index is -4.02. The molecule has 146 valence electrons. The van der Waals surface area contributed by atoms with Crippen molar-refractivity contribution in [2.75, 3.05) is 0 Å². The summed E-state index contributed by atoms with van der Waals surface area (Å²) in [6, 6.07) is 12.2. The van der Waals surface area contributed by atoms with Gasteiger partial charge in [0.05, 0.1) is 10.7 Å². The van der Waals surface area contributed by atoms with Gasteiger partial charge in [0.25, 0.3) is 10.0 Å². The number of hydrogen-bond donors (Lipinski definition) is 2. The second-order valence-electron chi connectivity index (χ2n) is 6.65. The molecule has 0 saturated heterocycles. The number of hydrogen-bond acceptors (Lipinski definition) is 5. The lowest BCUT2D eigenvalue weighted by atomic mass is 10.1. The summed E-state index contributed by atoms with van der Waals surface area (Å²) in [6.07, 6.45) is 3.31. The van der Waals surface area contributed by atoms with Crippen LogP contribution in [-0.4, -0.2) is 34.8 Å². The molecule has 10 heteroatoms. The summed E-state index contributed by atoms with van der Waals surface area (Å²) >= 11 is 4.32.